The largest absolute Gasteiger partial charge is 0.586 e. The first-order valence-corrected chi connectivity index (χ1v) is 8.28. The fraction of sp³-hybridized carbons (Fsp3) is 0.333. The lowest BCUT2D eigenvalue weighted by molar-refractivity contribution is -0.286. The number of fused-ring (bicyclic) bond motifs is 1. The van der Waals surface area contributed by atoms with Crippen LogP contribution in [0.3, 0.4) is 0 Å². The second-order valence-electron chi connectivity index (χ2n) is 6.04. The van der Waals surface area contributed by atoms with Crippen molar-refractivity contribution < 1.29 is 37.3 Å². The van der Waals surface area contributed by atoms with Gasteiger partial charge in [0.2, 0.25) is 0 Å². The molecule has 2 heterocycles. The molecular weight excluding hydrogens is 378 g/mol. The third-order valence-electron chi connectivity index (χ3n) is 4.05. The fourth-order valence-electron chi connectivity index (χ4n) is 2.79. The van der Waals surface area contributed by atoms with E-state index in [1.54, 1.807) is 13.8 Å². The van der Waals surface area contributed by atoms with Gasteiger partial charge in [0.05, 0.1) is 12.2 Å². The van der Waals surface area contributed by atoms with E-state index in [4.69, 9.17) is 9.47 Å². The van der Waals surface area contributed by atoms with Gasteiger partial charge in [0.1, 0.15) is 12.3 Å². The first-order valence-electron chi connectivity index (χ1n) is 8.28. The summed E-state index contributed by atoms with van der Waals surface area (Å²) in [7, 11) is 1.49. The van der Waals surface area contributed by atoms with Gasteiger partial charge < -0.3 is 29.2 Å². The van der Waals surface area contributed by atoms with Crippen LogP contribution < -0.4 is 14.8 Å². The number of carbonyl (C=O) groups is 2. The zero-order chi connectivity index (χ0) is 20.5. The molecule has 1 amide bonds. The molecule has 0 fully saturated rings. The van der Waals surface area contributed by atoms with Gasteiger partial charge in [0.25, 0.3) is 5.91 Å². The summed E-state index contributed by atoms with van der Waals surface area (Å²) in [5.74, 6) is -1.45. The summed E-state index contributed by atoms with van der Waals surface area (Å²) >= 11 is 0. The number of aromatic amines is 1. The first kappa shape index (κ1) is 19.6. The number of carbonyl (C=O) groups excluding carboxylic acids is 2. The van der Waals surface area contributed by atoms with Gasteiger partial charge in [0.15, 0.2) is 11.5 Å². The standard InChI is InChI=1S/C18H18F2N2O6/c1-9-14(17(24)26-7-6-25-3)10(2)21-15(9)16(23)22-11-4-5-12-13(8-11)28-18(19,20)27-12/h4-5,8,21H,6-7H2,1-3H3,(H,22,23). The van der Waals surface area contributed by atoms with Crippen LogP contribution in [0.2, 0.25) is 0 Å². The van der Waals surface area contributed by atoms with Crippen LogP contribution in [0, 0.1) is 13.8 Å². The third kappa shape index (κ3) is 3.91. The minimum absolute atomic E-state index is 0.0861. The van der Waals surface area contributed by atoms with Crippen LogP contribution in [0.25, 0.3) is 0 Å². The lowest BCUT2D eigenvalue weighted by Crippen LogP contribution is -2.25. The molecule has 8 nitrogen and oxygen atoms in total. The monoisotopic (exact) mass is 396 g/mol. The SMILES string of the molecule is COCCOC(=O)c1c(C)[nH]c(C(=O)Nc2ccc3c(c2)OC(F)(F)O3)c1C. The average molecular weight is 396 g/mol. The summed E-state index contributed by atoms with van der Waals surface area (Å²) < 4.78 is 44.8. The van der Waals surface area contributed by atoms with E-state index in [-0.39, 0.29) is 41.7 Å². The molecule has 1 aliphatic heterocycles. The van der Waals surface area contributed by atoms with Crippen molar-refractivity contribution in [2.45, 2.75) is 20.1 Å². The molecule has 3 rings (SSSR count). The number of methoxy groups -OCH3 is 1. The molecule has 0 aliphatic carbocycles. The van der Waals surface area contributed by atoms with Gasteiger partial charge in [-0.15, -0.1) is 8.78 Å². The topological polar surface area (TPSA) is 98.9 Å². The maximum absolute atomic E-state index is 13.1. The van der Waals surface area contributed by atoms with Crippen LogP contribution >= 0.6 is 0 Å². The number of aryl methyl sites for hydroxylation is 1. The van der Waals surface area contributed by atoms with Gasteiger partial charge in [-0.05, 0) is 31.5 Å². The second-order valence-corrected chi connectivity index (χ2v) is 6.04. The highest BCUT2D eigenvalue weighted by molar-refractivity contribution is 6.07. The maximum atomic E-state index is 13.1. The molecule has 0 spiro atoms. The molecule has 0 saturated heterocycles. The molecule has 2 N–H and O–H groups in total. The van der Waals surface area contributed by atoms with Crippen LogP contribution in [-0.4, -0.2) is 43.5 Å². The summed E-state index contributed by atoms with van der Waals surface area (Å²) in [4.78, 5) is 27.6. The summed E-state index contributed by atoms with van der Waals surface area (Å²) in [5.41, 5.74) is 1.51. The Morgan fingerprint density at radius 2 is 1.89 bits per heavy atom. The average Bonchev–Trinajstić information content (AvgIpc) is 3.08. The van der Waals surface area contributed by atoms with Crippen molar-refractivity contribution in [2.75, 3.05) is 25.6 Å². The number of ether oxygens (including phenoxy) is 4. The van der Waals surface area contributed by atoms with Gasteiger partial charge in [-0.25, -0.2) is 4.79 Å². The molecule has 0 atom stereocenters. The first-order chi connectivity index (χ1) is 13.2. The van der Waals surface area contributed by atoms with Gasteiger partial charge in [-0.3, -0.25) is 4.79 Å². The van der Waals surface area contributed by atoms with E-state index >= 15 is 0 Å². The molecule has 0 unspecified atom stereocenters. The van der Waals surface area contributed by atoms with Crippen molar-refractivity contribution >= 4 is 17.6 Å². The van der Waals surface area contributed by atoms with Crippen molar-refractivity contribution in [2.24, 2.45) is 0 Å². The van der Waals surface area contributed by atoms with Gasteiger partial charge in [-0.1, -0.05) is 0 Å². The number of esters is 1. The predicted octanol–water partition coefficient (Wildman–Crippen LogP) is 3.01. The summed E-state index contributed by atoms with van der Waals surface area (Å²) in [6.45, 7) is 3.58. The number of nitrogens with one attached hydrogen (secondary N) is 2. The molecule has 1 aromatic carbocycles. The molecule has 28 heavy (non-hydrogen) atoms. The Bertz CT molecular complexity index is 925. The number of hydrogen-bond donors (Lipinski definition) is 2. The second kappa shape index (κ2) is 7.47. The Hall–Kier alpha value is -3.14. The molecule has 0 bridgehead atoms. The Balaban J connectivity index is 1.75. The van der Waals surface area contributed by atoms with E-state index in [2.05, 4.69) is 19.8 Å². The van der Waals surface area contributed by atoms with Crippen molar-refractivity contribution in [1.82, 2.24) is 4.98 Å². The zero-order valence-electron chi connectivity index (χ0n) is 15.4. The molecule has 10 heteroatoms. The fourth-order valence-corrected chi connectivity index (χ4v) is 2.79. The zero-order valence-corrected chi connectivity index (χ0v) is 15.4. The molecule has 1 aliphatic rings. The van der Waals surface area contributed by atoms with Crippen molar-refractivity contribution in [3.05, 3.63) is 40.7 Å². The minimum Gasteiger partial charge on any atom is -0.460 e. The van der Waals surface area contributed by atoms with Gasteiger partial charge >= 0.3 is 12.3 Å². The Morgan fingerprint density at radius 1 is 1.18 bits per heavy atom. The van der Waals surface area contributed by atoms with E-state index in [0.29, 0.717) is 11.3 Å². The highest BCUT2D eigenvalue weighted by Gasteiger charge is 2.43. The van der Waals surface area contributed by atoms with Crippen LogP contribution in [0.1, 0.15) is 32.1 Å². The number of hydrogen-bond acceptors (Lipinski definition) is 6. The number of halogens is 2. The molecule has 0 saturated carbocycles. The lowest BCUT2D eigenvalue weighted by Gasteiger charge is -2.06. The van der Waals surface area contributed by atoms with E-state index in [0.717, 1.165) is 0 Å². The van der Waals surface area contributed by atoms with Crippen LogP contribution in [0.15, 0.2) is 18.2 Å². The number of anilines is 1. The molecule has 1 aromatic heterocycles. The Kier molecular flexibility index (Phi) is 5.23. The highest BCUT2D eigenvalue weighted by Crippen LogP contribution is 2.42. The van der Waals surface area contributed by atoms with Crippen LogP contribution in [-0.2, 0) is 9.47 Å². The minimum atomic E-state index is -3.74. The molecule has 0 radical (unpaired) electrons. The normalized spacial score (nSPS) is 14.0. The molecule has 150 valence electrons. The molecule has 2 aromatic rings. The lowest BCUT2D eigenvalue weighted by atomic mass is 10.1. The number of amides is 1. The van der Waals surface area contributed by atoms with Gasteiger partial charge in [-0.2, -0.15) is 0 Å². The Labute approximate surface area is 158 Å². The number of aromatic nitrogens is 1. The van der Waals surface area contributed by atoms with E-state index in [1.807, 2.05) is 0 Å². The number of benzene rings is 1. The quantitative estimate of drug-likeness (QED) is 0.575. The predicted molar refractivity (Wildman–Crippen MR) is 93.0 cm³/mol. The van der Waals surface area contributed by atoms with Crippen molar-refractivity contribution in [3.63, 3.8) is 0 Å². The summed E-state index contributed by atoms with van der Waals surface area (Å²) in [5, 5.41) is 2.57. The number of alkyl halides is 2. The van der Waals surface area contributed by atoms with E-state index < -0.39 is 18.2 Å². The number of rotatable bonds is 6. The smallest absolute Gasteiger partial charge is 0.460 e. The summed E-state index contributed by atoms with van der Waals surface area (Å²) in [6, 6.07) is 3.88. The van der Waals surface area contributed by atoms with Gasteiger partial charge in [0, 0.05) is 24.6 Å². The summed E-state index contributed by atoms with van der Waals surface area (Å²) in [6.07, 6.45) is -3.74. The van der Waals surface area contributed by atoms with E-state index in [1.165, 1.54) is 25.3 Å². The van der Waals surface area contributed by atoms with Crippen LogP contribution in [0.5, 0.6) is 11.5 Å². The third-order valence-corrected chi connectivity index (χ3v) is 4.05. The molecular formula is C18H18F2N2O6. The van der Waals surface area contributed by atoms with Crippen molar-refractivity contribution in [3.8, 4) is 11.5 Å². The van der Waals surface area contributed by atoms with Crippen molar-refractivity contribution in [1.29, 1.82) is 0 Å². The maximum Gasteiger partial charge on any atom is 0.586 e. The Morgan fingerprint density at radius 3 is 2.61 bits per heavy atom. The van der Waals surface area contributed by atoms with Crippen LogP contribution in [0.4, 0.5) is 14.5 Å². The highest BCUT2D eigenvalue weighted by atomic mass is 19.3. The number of H-pyrrole nitrogens is 1. The van der Waals surface area contributed by atoms with E-state index in [9.17, 15) is 18.4 Å².